The Hall–Kier alpha value is -2.21. The molecule has 0 heterocycles. The lowest BCUT2D eigenvalue weighted by Crippen LogP contribution is -2.14. The molecule has 7 heteroatoms. The molecule has 21 heavy (non-hydrogen) atoms. The van der Waals surface area contributed by atoms with E-state index in [-0.39, 0.29) is 11.3 Å². The van der Waals surface area contributed by atoms with Crippen LogP contribution in [0.25, 0.3) is 0 Å². The van der Waals surface area contributed by atoms with E-state index in [0.717, 1.165) is 12.1 Å². The number of hydrogen-bond acceptors (Lipinski definition) is 2. The van der Waals surface area contributed by atoms with Crippen LogP contribution in [0.4, 0.5) is 24.5 Å². The molecule has 0 unspecified atom stereocenters. The number of carbonyl (C=O) groups is 1. The molecule has 0 atom stereocenters. The molecule has 0 bridgehead atoms. The van der Waals surface area contributed by atoms with Crippen LogP contribution in [-0.2, 0) is 6.18 Å². The Morgan fingerprint density at radius 2 is 1.86 bits per heavy atom. The van der Waals surface area contributed by atoms with Crippen LogP contribution in [0.5, 0.6) is 0 Å². The molecule has 0 aliphatic heterocycles. The van der Waals surface area contributed by atoms with Gasteiger partial charge in [0.2, 0.25) is 0 Å². The zero-order chi connectivity index (χ0) is 15.6. The van der Waals surface area contributed by atoms with Gasteiger partial charge in [-0.2, -0.15) is 13.2 Å². The molecule has 110 valence electrons. The number of nitrogens with one attached hydrogen (secondary N) is 1. The second kappa shape index (κ2) is 5.65. The summed E-state index contributed by atoms with van der Waals surface area (Å²) >= 11 is 5.75. The van der Waals surface area contributed by atoms with Gasteiger partial charge in [0.25, 0.3) is 5.91 Å². The SMILES string of the molecule is Nc1ccc(NC(=O)c2cccc(Cl)c2)cc1C(F)(F)F. The normalized spacial score (nSPS) is 11.2. The highest BCUT2D eigenvalue weighted by Gasteiger charge is 2.33. The molecule has 2 aromatic carbocycles. The summed E-state index contributed by atoms with van der Waals surface area (Å²) in [6.45, 7) is 0. The van der Waals surface area contributed by atoms with E-state index in [4.69, 9.17) is 17.3 Å². The lowest BCUT2D eigenvalue weighted by atomic mass is 10.1. The summed E-state index contributed by atoms with van der Waals surface area (Å²) < 4.78 is 38.2. The lowest BCUT2D eigenvalue weighted by molar-refractivity contribution is -0.136. The van der Waals surface area contributed by atoms with Crippen LogP contribution >= 0.6 is 11.6 Å². The van der Waals surface area contributed by atoms with Gasteiger partial charge in [0, 0.05) is 22.0 Å². The number of alkyl halides is 3. The summed E-state index contributed by atoms with van der Waals surface area (Å²) in [5.74, 6) is -0.560. The smallest absolute Gasteiger partial charge is 0.398 e. The first-order valence-corrected chi connectivity index (χ1v) is 6.19. The van der Waals surface area contributed by atoms with Gasteiger partial charge in [-0.25, -0.2) is 0 Å². The summed E-state index contributed by atoms with van der Waals surface area (Å²) in [7, 11) is 0. The van der Waals surface area contributed by atoms with Crippen molar-refractivity contribution in [2.24, 2.45) is 0 Å². The third-order valence-electron chi connectivity index (χ3n) is 2.70. The van der Waals surface area contributed by atoms with Crippen molar-refractivity contribution < 1.29 is 18.0 Å². The molecule has 3 nitrogen and oxygen atoms in total. The highest BCUT2D eigenvalue weighted by molar-refractivity contribution is 6.31. The number of anilines is 2. The minimum Gasteiger partial charge on any atom is -0.398 e. The number of hydrogen-bond donors (Lipinski definition) is 2. The topological polar surface area (TPSA) is 55.1 Å². The zero-order valence-corrected chi connectivity index (χ0v) is 11.3. The van der Waals surface area contributed by atoms with Crippen molar-refractivity contribution in [1.82, 2.24) is 0 Å². The Morgan fingerprint density at radius 1 is 1.14 bits per heavy atom. The molecule has 2 rings (SSSR count). The molecule has 2 aromatic rings. The van der Waals surface area contributed by atoms with Crippen molar-refractivity contribution in [3.8, 4) is 0 Å². The second-order valence-corrected chi connectivity index (χ2v) is 4.70. The molecule has 0 saturated carbocycles. The molecule has 0 aliphatic carbocycles. The van der Waals surface area contributed by atoms with E-state index in [1.54, 1.807) is 12.1 Å². The largest absolute Gasteiger partial charge is 0.418 e. The average Bonchev–Trinajstić information content (AvgIpc) is 2.39. The monoisotopic (exact) mass is 314 g/mol. The van der Waals surface area contributed by atoms with Crippen LogP contribution in [0.3, 0.4) is 0 Å². The van der Waals surface area contributed by atoms with Crippen molar-refractivity contribution >= 4 is 28.9 Å². The van der Waals surface area contributed by atoms with Gasteiger partial charge >= 0.3 is 6.18 Å². The van der Waals surface area contributed by atoms with E-state index in [9.17, 15) is 18.0 Å². The molecule has 0 aliphatic rings. The maximum Gasteiger partial charge on any atom is 0.418 e. The average molecular weight is 315 g/mol. The molecule has 0 aromatic heterocycles. The second-order valence-electron chi connectivity index (χ2n) is 4.26. The Bertz CT molecular complexity index is 686. The summed E-state index contributed by atoms with van der Waals surface area (Å²) in [6, 6.07) is 9.26. The van der Waals surface area contributed by atoms with Crippen molar-refractivity contribution in [3.63, 3.8) is 0 Å². The van der Waals surface area contributed by atoms with Crippen LogP contribution in [0.15, 0.2) is 42.5 Å². The minimum absolute atomic E-state index is 0.00139. The Balaban J connectivity index is 2.26. The van der Waals surface area contributed by atoms with Gasteiger partial charge in [-0.3, -0.25) is 4.79 Å². The minimum atomic E-state index is -4.58. The molecule has 0 fully saturated rings. The van der Waals surface area contributed by atoms with Gasteiger partial charge < -0.3 is 11.1 Å². The highest BCUT2D eigenvalue weighted by atomic mass is 35.5. The Labute approximate surface area is 123 Å². The van der Waals surface area contributed by atoms with Gasteiger partial charge in [0.05, 0.1) is 5.56 Å². The van der Waals surface area contributed by atoms with E-state index < -0.39 is 23.3 Å². The number of rotatable bonds is 2. The van der Waals surface area contributed by atoms with Crippen LogP contribution in [-0.4, -0.2) is 5.91 Å². The fraction of sp³-hybridized carbons (Fsp3) is 0.0714. The van der Waals surface area contributed by atoms with Gasteiger partial charge in [-0.15, -0.1) is 0 Å². The molecular formula is C14H10ClF3N2O. The van der Waals surface area contributed by atoms with Crippen LogP contribution in [0, 0.1) is 0 Å². The van der Waals surface area contributed by atoms with Crippen molar-refractivity contribution in [2.45, 2.75) is 6.18 Å². The standard InChI is InChI=1S/C14H10ClF3N2O/c15-9-3-1-2-8(6-9)13(21)20-10-4-5-12(19)11(7-10)14(16,17)18/h1-7H,19H2,(H,20,21). The third kappa shape index (κ3) is 3.66. The van der Waals surface area contributed by atoms with Crippen LogP contribution in [0.1, 0.15) is 15.9 Å². The summed E-state index contributed by atoms with van der Waals surface area (Å²) in [4.78, 5) is 11.9. The van der Waals surface area contributed by atoms with E-state index in [1.807, 2.05) is 0 Å². The third-order valence-corrected chi connectivity index (χ3v) is 2.94. The van der Waals surface area contributed by atoms with E-state index in [1.165, 1.54) is 18.2 Å². The van der Waals surface area contributed by atoms with Crippen molar-refractivity contribution in [2.75, 3.05) is 11.1 Å². The van der Waals surface area contributed by atoms with Crippen molar-refractivity contribution in [1.29, 1.82) is 0 Å². The maximum absolute atomic E-state index is 12.7. The number of carbonyl (C=O) groups excluding carboxylic acids is 1. The Morgan fingerprint density at radius 3 is 2.48 bits per heavy atom. The van der Waals surface area contributed by atoms with Gasteiger partial charge in [0.15, 0.2) is 0 Å². The lowest BCUT2D eigenvalue weighted by Gasteiger charge is -2.12. The molecule has 1 amide bonds. The summed E-state index contributed by atoms with van der Waals surface area (Å²) in [5.41, 5.74) is 4.14. The van der Waals surface area contributed by atoms with Gasteiger partial charge in [0.1, 0.15) is 0 Å². The zero-order valence-electron chi connectivity index (χ0n) is 10.5. The Kier molecular flexibility index (Phi) is 4.09. The first-order chi connectivity index (χ1) is 9.77. The number of benzene rings is 2. The molecule has 0 saturated heterocycles. The van der Waals surface area contributed by atoms with E-state index in [2.05, 4.69) is 5.32 Å². The molecule has 0 spiro atoms. The predicted molar refractivity (Wildman–Crippen MR) is 75.3 cm³/mol. The fourth-order valence-electron chi connectivity index (χ4n) is 1.71. The number of halogens is 4. The van der Waals surface area contributed by atoms with E-state index in [0.29, 0.717) is 5.02 Å². The first kappa shape index (κ1) is 15.2. The van der Waals surface area contributed by atoms with Crippen molar-refractivity contribution in [3.05, 3.63) is 58.6 Å². The highest BCUT2D eigenvalue weighted by Crippen LogP contribution is 2.35. The van der Waals surface area contributed by atoms with Crippen LogP contribution in [0.2, 0.25) is 5.02 Å². The summed E-state index contributed by atoms with van der Waals surface area (Å²) in [6.07, 6.45) is -4.58. The molecule has 0 radical (unpaired) electrons. The predicted octanol–water partition coefficient (Wildman–Crippen LogP) is 4.19. The number of nitrogen functional groups attached to an aromatic ring is 1. The van der Waals surface area contributed by atoms with Gasteiger partial charge in [-0.05, 0) is 36.4 Å². The van der Waals surface area contributed by atoms with Crippen LogP contribution < -0.4 is 11.1 Å². The fourth-order valence-corrected chi connectivity index (χ4v) is 1.90. The van der Waals surface area contributed by atoms with E-state index >= 15 is 0 Å². The maximum atomic E-state index is 12.7. The summed E-state index contributed by atoms with van der Waals surface area (Å²) in [5, 5.41) is 2.73. The molecule has 3 N–H and O–H groups in total. The van der Waals surface area contributed by atoms with Gasteiger partial charge in [-0.1, -0.05) is 17.7 Å². The first-order valence-electron chi connectivity index (χ1n) is 5.81. The quantitative estimate of drug-likeness (QED) is 0.816. The molecular weight excluding hydrogens is 305 g/mol. The number of amides is 1. The number of nitrogens with two attached hydrogens (primary N) is 1.